The molecule has 0 aliphatic heterocycles. The van der Waals surface area contributed by atoms with Crippen molar-refractivity contribution in [3.63, 3.8) is 0 Å². The van der Waals surface area contributed by atoms with E-state index in [1.54, 1.807) is 0 Å². The molecule has 0 unspecified atom stereocenters. The van der Waals surface area contributed by atoms with Gasteiger partial charge in [0, 0.05) is 0 Å². The van der Waals surface area contributed by atoms with E-state index in [1.807, 2.05) is 0 Å². The van der Waals surface area contributed by atoms with Crippen LogP contribution in [0.15, 0.2) is 116 Å². The average molecular weight is 402 g/mol. The summed E-state index contributed by atoms with van der Waals surface area (Å²) >= 11 is 0. The Kier molecular flexibility index (Phi) is 4.97. The molecule has 0 radical (unpaired) electrons. The van der Waals surface area contributed by atoms with Crippen LogP contribution in [0, 0.1) is 6.92 Å². The molecule has 31 heavy (non-hydrogen) atoms. The van der Waals surface area contributed by atoms with Gasteiger partial charge < -0.3 is 0 Å². The Morgan fingerprint density at radius 2 is 1.16 bits per heavy atom. The van der Waals surface area contributed by atoms with Crippen LogP contribution in [0.25, 0.3) is 39.3 Å². The summed E-state index contributed by atoms with van der Waals surface area (Å²) in [5.74, 6) is 1.17. The molecular formula is C29H25N2+. The molecule has 0 fully saturated rings. The van der Waals surface area contributed by atoms with Gasteiger partial charge in [0.05, 0.1) is 12.6 Å². The van der Waals surface area contributed by atoms with E-state index >= 15 is 0 Å². The number of para-hydroxylation sites is 1. The third-order valence-corrected chi connectivity index (χ3v) is 5.84. The summed E-state index contributed by atoms with van der Waals surface area (Å²) in [5, 5.41) is 0. The average Bonchev–Trinajstić information content (AvgIpc) is 3.22. The highest BCUT2D eigenvalue weighted by Crippen LogP contribution is 2.30. The van der Waals surface area contributed by atoms with E-state index in [0.29, 0.717) is 0 Å². The van der Waals surface area contributed by atoms with Crippen LogP contribution >= 0.6 is 0 Å². The van der Waals surface area contributed by atoms with Crippen LogP contribution in [0.2, 0.25) is 0 Å². The smallest absolute Gasteiger partial charge is 0.232 e. The largest absolute Gasteiger partial charge is 0.294 e. The van der Waals surface area contributed by atoms with Crippen LogP contribution in [-0.2, 0) is 7.05 Å². The molecule has 1 aromatic heterocycles. The van der Waals surface area contributed by atoms with Gasteiger partial charge in [-0.1, -0.05) is 84.9 Å². The second-order valence-electron chi connectivity index (χ2n) is 7.91. The van der Waals surface area contributed by atoms with E-state index in [1.165, 1.54) is 39.2 Å². The van der Waals surface area contributed by atoms with E-state index in [-0.39, 0.29) is 0 Å². The van der Waals surface area contributed by atoms with Gasteiger partial charge in [-0.25, -0.2) is 4.57 Å². The summed E-state index contributed by atoms with van der Waals surface area (Å²) in [7, 11) is 2.11. The molecule has 0 saturated heterocycles. The first-order valence-electron chi connectivity index (χ1n) is 10.6. The Morgan fingerprint density at radius 1 is 0.613 bits per heavy atom. The molecule has 0 aliphatic carbocycles. The number of rotatable bonds is 4. The number of benzene rings is 4. The molecular weight excluding hydrogens is 376 g/mol. The van der Waals surface area contributed by atoms with E-state index in [9.17, 15) is 0 Å². The third-order valence-electron chi connectivity index (χ3n) is 5.84. The van der Waals surface area contributed by atoms with Crippen molar-refractivity contribution in [2.24, 2.45) is 7.05 Å². The van der Waals surface area contributed by atoms with Gasteiger partial charge in [-0.3, -0.25) is 0 Å². The zero-order valence-electron chi connectivity index (χ0n) is 17.9. The molecule has 2 nitrogen and oxygen atoms in total. The Balaban J connectivity index is 1.57. The second kappa shape index (κ2) is 8.08. The lowest BCUT2D eigenvalue weighted by molar-refractivity contribution is -0.659. The lowest BCUT2D eigenvalue weighted by Crippen LogP contribution is -2.29. The normalized spacial score (nSPS) is 10.9. The van der Waals surface area contributed by atoms with Crippen molar-refractivity contribution in [2.45, 2.75) is 6.92 Å². The number of hydrogen-bond donors (Lipinski definition) is 0. The van der Waals surface area contributed by atoms with Gasteiger partial charge in [0.15, 0.2) is 0 Å². The summed E-state index contributed by atoms with van der Waals surface area (Å²) in [5.41, 5.74) is 8.59. The maximum Gasteiger partial charge on any atom is 0.294 e. The zero-order valence-corrected chi connectivity index (χ0v) is 17.9. The fraction of sp³-hybridized carbons (Fsp3) is 0.0690. The Labute approximate surface area is 183 Å². The highest BCUT2D eigenvalue weighted by Gasteiger charge is 2.21. The van der Waals surface area contributed by atoms with E-state index in [0.717, 1.165) is 5.69 Å². The molecule has 0 amide bonds. The second-order valence-corrected chi connectivity index (χ2v) is 7.91. The van der Waals surface area contributed by atoms with Crippen molar-refractivity contribution in [1.29, 1.82) is 0 Å². The van der Waals surface area contributed by atoms with E-state index in [2.05, 4.69) is 139 Å². The molecule has 0 atom stereocenters. The van der Waals surface area contributed by atoms with Gasteiger partial charge in [-0.05, 0) is 52.9 Å². The molecule has 0 spiro atoms. The quantitative estimate of drug-likeness (QED) is 0.300. The monoisotopic (exact) mass is 401 g/mol. The lowest BCUT2D eigenvalue weighted by atomic mass is 9.97. The molecule has 4 aromatic carbocycles. The molecule has 1 heterocycles. The van der Waals surface area contributed by atoms with Gasteiger partial charge in [-0.15, -0.1) is 0 Å². The number of nitrogens with zero attached hydrogens (tertiary/aromatic N) is 2. The maximum absolute atomic E-state index is 2.31. The summed E-state index contributed by atoms with van der Waals surface area (Å²) < 4.78 is 4.45. The van der Waals surface area contributed by atoms with Gasteiger partial charge in [0.1, 0.15) is 18.1 Å². The third kappa shape index (κ3) is 3.69. The molecule has 0 aliphatic rings. The summed E-state index contributed by atoms with van der Waals surface area (Å²) in [6, 6.07) is 36.6. The lowest BCUT2D eigenvalue weighted by Gasteiger charge is -2.10. The first kappa shape index (κ1) is 19.1. The van der Waals surface area contributed by atoms with E-state index in [4.69, 9.17) is 0 Å². The van der Waals surface area contributed by atoms with Gasteiger partial charge in [-0.2, -0.15) is 4.57 Å². The van der Waals surface area contributed by atoms with Crippen LogP contribution in [-0.4, -0.2) is 4.57 Å². The minimum atomic E-state index is 1.16. The van der Waals surface area contributed by atoms with Crippen LogP contribution in [0.4, 0.5) is 0 Å². The predicted molar refractivity (Wildman–Crippen MR) is 128 cm³/mol. The maximum atomic E-state index is 2.31. The van der Waals surface area contributed by atoms with Gasteiger partial charge in [0.2, 0.25) is 0 Å². The van der Waals surface area contributed by atoms with Crippen LogP contribution in [0.5, 0.6) is 0 Å². The van der Waals surface area contributed by atoms with Crippen molar-refractivity contribution >= 4 is 0 Å². The molecule has 0 N–H and O–H groups in total. The molecule has 0 saturated carbocycles. The van der Waals surface area contributed by atoms with Crippen molar-refractivity contribution in [1.82, 2.24) is 4.57 Å². The first-order valence-corrected chi connectivity index (χ1v) is 10.6. The van der Waals surface area contributed by atoms with Crippen LogP contribution in [0.3, 0.4) is 0 Å². The van der Waals surface area contributed by atoms with Crippen molar-refractivity contribution in [2.75, 3.05) is 0 Å². The van der Waals surface area contributed by atoms with Gasteiger partial charge in [0.25, 0.3) is 5.82 Å². The number of aromatic nitrogens is 2. The Bertz CT molecular complexity index is 1310. The first-order chi connectivity index (χ1) is 15.2. The van der Waals surface area contributed by atoms with E-state index < -0.39 is 0 Å². The fourth-order valence-electron chi connectivity index (χ4n) is 4.12. The predicted octanol–water partition coefficient (Wildman–Crippen LogP) is 6.61. The molecule has 150 valence electrons. The Morgan fingerprint density at radius 3 is 1.84 bits per heavy atom. The number of aryl methyl sites for hydroxylation is 2. The topological polar surface area (TPSA) is 8.81 Å². The highest BCUT2D eigenvalue weighted by molar-refractivity contribution is 5.75. The minimum absolute atomic E-state index is 1.16. The summed E-state index contributed by atoms with van der Waals surface area (Å²) in [4.78, 5) is 0. The molecule has 2 heteroatoms. The zero-order chi connectivity index (χ0) is 21.2. The molecule has 5 aromatic rings. The highest BCUT2D eigenvalue weighted by atomic mass is 15.1. The van der Waals surface area contributed by atoms with Crippen molar-refractivity contribution in [3.05, 3.63) is 121 Å². The fourth-order valence-corrected chi connectivity index (χ4v) is 4.12. The van der Waals surface area contributed by atoms with Gasteiger partial charge >= 0.3 is 0 Å². The number of imidazole rings is 1. The van der Waals surface area contributed by atoms with Crippen LogP contribution in [0.1, 0.15) is 5.56 Å². The van der Waals surface area contributed by atoms with Crippen LogP contribution < -0.4 is 4.57 Å². The van der Waals surface area contributed by atoms with Crippen molar-refractivity contribution in [3.8, 4) is 39.3 Å². The summed E-state index contributed by atoms with van der Waals surface area (Å²) in [6.07, 6.45) is 4.24. The molecule has 0 bridgehead atoms. The number of hydrogen-bond acceptors (Lipinski definition) is 0. The SMILES string of the molecule is Cc1ccc(-c2ccc(-c3ccccc3)cc2)cc1-c1n(-c2ccccc2)cc[n+]1C. The van der Waals surface area contributed by atoms with Crippen molar-refractivity contribution < 1.29 is 4.57 Å². The minimum Gasteiger partial charge on any atom is -0.232 e. The Hall–Kier alpha value is -3.91. The standard InChI is InChI=1S/C29H25N2/c1-22-13-14-26(25-17-15-24(16-18-25)23-9-5-3-6-10-23)21-28(22)29-30(2)19-20-31(29)27-11-7-4-8-12-27/h3-21H,1-2H3/q+1. The molecule has 5 rings (SSSR count). The summed E-state index contributed by atoms with van der Waals surface area (Å²) in [6.45, 7) is 2.18.